The molecule has 6 nitrogen and oxygen atoms in total. The lowest BCUT2D eigenvalue weighted by molar-refractivity contribution is 0.108. The highest BCUT2D eigenvalue weighted by Crippen LogP contribution is 2.10. The summed E-state index contributed by atoms with van der Waals surface area (Å²) in [6.07, 6.45) is 2.12. The molecule has 24 heavy (non-hydrogen) atoms. The summed E-state index contributed by atoms with van der Waals surface area (Å²) in [5.41, 5.74) is 0.991. The molecule has 136 valence electrons. The Bertz CT molecular complexity index is 610. The van der Waals surface area contributed by atoms with Crippen LogP contribution in [0.25, 0.3) is 0 Å². The lowest BCUT2D eigenvalue weighted by Crippen LogP contribution is -2.37. The number of rotatable bonds is 9. The van der Waals surface area contributed by atoms with E-state index in [1.165, 1.54) is 6.26 Å². The van der Waals surface area contributed by atoms with E-state index in [1.54, 1.807) is 31.3 Å². The molecule has 2 N–H and O–H groups in total. The van der Waals surface area contributed by atoms with Crippen LogP contribution in [0.15, 0.2) is 34.2 Å². The van der Waals surface area contributed by atoms with E-state index in [4.69, 9.17) is 4.74 Å². The molecule has 0 aromatic heterocycles. The quantitative estimate of drug-likeness (QED) is 0.401. The predicted molar refractivity (Wildman–Crippen MR) is 98.0 cm³/mol. The van der Waals surface area contributed by atoms with Gasteiger partial charge in [0.2, 0.25) is 0 Å². The molecule has 0 radical (unpaired) electrons. The molecule has 0 heterocycles. The van der Waals surface area contributed by atoms with E-state index in [-0.39, 0.29) is 0 Å². The molecule has 0 saturated heterocycles. The molecular weight excluding hydrogens is 326 g/mol. The lowest BCUT2D eigenvalue weighted by Gasteiger charge is -2.12. The molecule has 1 aromatic rings. The normalized spacial score (nSPS) is 12.5. The molecule has 0 spiro atoms. The summed E-state index contributed by atoms with van der Waals surface area (Å²) in [6.45, 7) is 7.14. The first kappa shape index (κ1) is 20.4. The van der Waals surface area contributed by atoms with Crippen LogP contribution in [0.3, 0.4) is 0 Å². The molecular formula is C17H29N3O3S. The largest absolute Gasteiger partial charge is 0.381 e. The Labute approximate surface area is 145 Å². The Balaban J connectivity index is 2.31. The molecule has 0 atom stereocenters. The van der Waals surface area contributed by atoms with Gasteiger partial charge in [0, 0.05) is 39.6 Å². The van der Waals surface area contributed by atoms with Gasteiger partial charge < -0.3 is 15.4 Å². The van der Waals surface area contributed by atoms with Crippen LogP contribution in [0.4, 0.5) is 0 Å². The zero-order valence-corrected chi connectivity index (χ0v) is 15.8. The number of hydrogen-bond donors (Lipinski definition) is 2. The fourth-order valence-electron chi connectivity index (χ4n) is 1.96. The summed E-state index contributed by atoms with van der Waals surface area (Å²) in [5, 5.41) is 6.43. The van der Waals surface area contributed by atoms with E-state index in [2.05, 4.69) is 29.5 Å². The minimum Gasteiger partial charge on any atom is -0.381 e. The molecule has 0 aliphatic carbocycles. The van der Waals surface area contributed by atoms with Gasteiger partial charge in [0.15, 0.2) is 15.8 Å². The summed E-state index contributed by atoms with van der Waals surface area (Å²) in [7, 11) is -1.43. The van der Waals surface area contributed by atoms with E-state index in [0.29, 0.717) is 23.3 Å². The van der Waals surface area contributed by atoms with Gasteiger partial charge in [-0.1, -0.05) is 26.0 Å². The average molecular weight is 356 g/mol. The van der Waals surface area contributed by atoms with Crippen molar-refractivity contribution in [1.29, 1.82) is 0 Å². The summed E-state index contributed by atoms with van der Waals surface area (Å²) < 4.78 is 28.4. The van der Waals surface area contributed by atoms with E-state index in [0.717, 1.165) is 31.7 Å². The zero-order valence-electron chi connectivity index (χ0n) is 15.0. The first-order valence-electron chi connectivity index (χ1n) is 8.14. The second-order valence-corrected chi connectivity index (χ2v) is 8.11. The van der Waals surface area contributed by atoms with E-state index in [1.807, 2.05) is 0 Å². The van der Waals surface area contributed by atoms with Gasteiger partial charge in [0.1, 0.15) is 0 Å². The fourth-order valence-corrected chi connectivity index (χ4v) is 2.59. The monoisotopic (exact) mass is 355 g/mol. The number of nitrogens with zero attached hydrogens (tertiary/aromatic N) is 1. The Morgan fingerprint density at radius 1 is 1.21 bits per heavy atom. The van der Waals surface area contributed by atoms with Crippen LogP contribution in [0.2, 0.25) is 0 Å². The highest BCUT2D eigenvalue weighted by Gasteiger charge is 2.06. The minimum absolute atomic E-state index is 0.329. The smallest absolute Gasteiger partial charge is 0.191 e. The molecule has 0 amide bonds. The number of benzene rings is 1. The van der Waals surface area contributed by atoms with Gasteiger partial charge in [-0.25, -0.2) is 8.42 Å². The van der Waals surface area contributed by atoms with Gasteiger partial charge >= 0.3 is 0 Å². The first-order valence-corrected chi connectivity index (χ1v) is 10.0. The third-order valence-corrected chi connectivity index (χ3v) is 4.37. The summed E-state index contributed by atoms with van der Waals surface area (Å²) >= 11 is 0. The van der Waals surface area contributed by atoms with Crippen molar-refractivity contribution >= 4 is 15.8 Å². The van der Waals surface area contributed by atoms with E-state index >= 15 is 0 Å². The van der Waals surface area contributed by atoms with Crippen molar-refractivity contribution in [3.8, 4) is 0 Å². The van der Waals surface area contributed by atoms with Crippen LogP contribution in [-0.4, -0.2) is 47.4 Å². The highest BCUT2D eigenvalue weighted by atomic mass is 32.2. The SMILES string of the molecule is CN=C(NCCCOCC(C)C)NCc1ccc(S(C)(=O)=O)cc1. The molecule has 0 unspecified atom stereocenters. The topological polar surface area (TPSA) is 79.8 Å². The van der Waals surface area contributed by atoms with Crippen molar-refractivity contribution in [1.82, 2.24) is 10.6 Å². The maximum atomic E-state index is 11.4. The average Bonchev–Trinajstić information content (AvgIpc) is 2.52. The first-order chi connectivity index (χ1) is 11.3. The molecule has 0 fully saturated rings. The summed E-state index contributed by atoms with van der Waals surface area (Å²) in [6, 6.07) is 6.84. The lowest BCUT2D eigenvalue weighted by atomic mass is 10.2. The number of aliphatic imine (C=N–C) groups is 1. The van der Waals surface area contributed by atoms with Crippen molar-refractivity contribution < 1.29 is 13.2 Å². The Morgan fingerprint density at radius 2 is 1.88 bits per heavy atom. The van der Waals surface area contributed by atoms with Crippen molar-refractivity contribution in [3.63, 3.8) is 0 Å². The maximum Gasteiger partial charge on any atom is 0.191 e. The molecule has 0 saturated carbocycles. The van der Waals surface area contributed by atoms with Gasteiger partial charge in [0.05, 0.1) is 4.90 Å². The third-order valence-electron chi connectivity index (χ3n) is 3.24. The van der Waals surface area contributed by atoms with Gasteiger partial charge in [0.25, 0.3) is 0 Å². The van der Waals surface area contributed by atoms with Crippen LogP contribution in [0, 0.1) is 5.92 Å². The molecule has 0 aliphatic heterocycles. The van der Waals surface area contributed by atoms with Gasteiger partial charge in [-0.05, 0) is 30.0 Å². The van der Waals surface area contributed by atoms with Crippen LogP contribution in [0.5, 0.6) is 0 Å². The minimum atomic E-state index is -3.15. The second kappa shape index (κ2) is 10.3. The van der Waals surface area contributed by atoms with Crippen molar-refractivity contribution in [2.45, 2.75) is 31.7 Å². The van der Waals surface area contributed by atoms with Crippen molar-refractivity contribution in [2.75, 3.05) is 33.1 Å². The highest BCUT2D eigenvalue weighted by molar-refractivity contribution is 7.90. The molecule has 1 aromatic carbocycles. The molecule has 7 heteroatoms. The number of sulfone groups is 1. The zero-order chi connectivity index (χ0) is 18.0. The van der Waals surface area contributed by atoms with Gasteiger partial charge in [-0.3, -0.25) is 4.99 Å². The number of hydrogen-bond acceptors (Lipinski definition) is 4. The third kappa shape index (κ3) is 8.31. The molecule has 0 aliphatic rings. The Kier molecular flexibility index (Phi) is 8.78. The number of ether oxygens (including phenoxy) is 1. The molecule has 1 rings (SSSR count). The second-order valence-electron chi connectivity index (χ2n) is 6.09. The maximum absolute atomic E-state index is 11.4. The Hall–Kier alpha value is -1.60. The van der Waals surface area contributed by atoms with Crippen LogP contribution >= 0.6 is 0 Å². The van der Waals surface area contributed by atoms with Gasteiger partial charge in [-0.15, -0.1) is 0 Å². The van der Waals surface area contributed by atoms with Crippen molar-refractivity contribution in [2.24, 2.45) is 10.9 Å². The van der Waals surface area contributed by atoms with E-state index < -0.39 is 9.84 Å². The number of guanidine groups is 1. The van der Waals surface area contributed by atoms with Crippen LogP contribution in [-0.2, 0) is 21.1 Å². The summed E-state index contributed by atoms with van der Waals surface area (Å²) in [4.78, 5) is 4.49. The number of nitrogens with one attached hydrogen (secondary N) is 2. The predicted octanol–water partition coefficient (Wildman–Crippen LogP) is 1.82. The van der Waals surface area contributed by atoms with Crippen molar-refractivity contribution in [3.05, 3.63) is 29.8 Å². The summed E-state index contributed by atoms with van der Waals surface area (Å²) in [5.74, 6) is 1.27. The molecule has 0 bridgehead atoms. The fraction of sp³-hybridized carbons (Fsp3) is 0.588. The Morgan fingerprint density at radius 3 is 2.42 bits per heavy atom. The van der Waals surface area contributed by atoms with E-state index in [9.17, 15) is 8.42 Å². The van der Waals surface area contributed by atoms with Crippen LogP contribution in [0.1, 0.15) is 25.8 Å². The standard InChI is InChI=1S/C17H29N3O3S/c1-14(2)13-23-11-5-10-19-17(18-3)20-12-15-6-8-16(9-7-15)24(4,21)22/h6-9,14H,5,10-13H2,1-4H3,(H2,18,19,20). The van der Waals surface area contributed by atoms with Gasteiger partial charge in [-0.2, -0.15) is 0 Å². The van der Waals surface area contributed by atoms with Crippen LogP contribution < -0.4 is 10.6 Å².